The predicted octanol–water partition coefficient (Wildman–Crippen LogP) is 4.42. The molecule has 0 bridgehead atoms. The van der Waals surface area contributed by atoms with Gasteiger partial charge in [-0.05, 0) is 43.3 Å². The Bertz CT molecular complexity index is 1140. The molecule has 0 spiro atoms. The van der Waals surface area contributed by atoms with Gasteiger partial charge in [0.15, 0.2) is 5.65 Å². The van der Waals surface area contributed by atoms with Gasteiger partial charge in [0.2, 0.25) is 5.88 Å². The van der Waals surface area contributed by atoms with E-state index >= 15 is 0 Å². The van der Waals surface area contributed by atoms with Gasteiger partial charge in [0, 0.05) is 0 Å². The summed E-state index contributed by atoms with van der Waals surface area (Å²) in [6, 6.07) is 14.3. The number of hydrogen-bond donors (Lipinski definition) is 0. The Balaban J connectivity index is 1.82. The molecule has 6 nitrogen and oxygen atoms in total. The number of para-hydroxylation sites is 1. The number of benzene rings is 2. The number of aryl methyl sites for hydroxylation is 1. The van der Waals surface area contributed by atoms with Crippen molar-refractivity contribution in [1.29, 1.82) is 0 Å². The van der Waals surface area contributed by atoms with Crippen LogP contribution in [0.3, 0.4) is 0 Å². The van der Waals surface area contributed by atoms with Gasteiger partial charge in [-0.2, -0.15) is 10.1 Å². The number of hydrogen-bond acceptors (Lipinski definition) is 5. The van der Waals surface area contributed by atoms with Crippen molar-refractivity contribution < 1.29 is 14.3 Å². The molecule has 2 aromatic carbocycles. The van der Waals surface area contributed by atoms with Gasteiger partial charge in [0.05, 0.1) is 29.3 Å². The van der Waals surface area contributed by atoms with Gasteiger partial charge in [-0.1, -0.05) is 23.7 Å². The molecule has 7 heteroatoms. The van der Waals surface area contributed by atoms with Crippen LogP contribution in [-0.2, 0) is 4.74 Å². The van der Waals surface area contributed by atoms with E-state index in [2.05, 4.69) is 10.1 Å². The van der Waals surface area contributed by atoms with Crippen LogP contribution in [0, 0.1) is 6.92 Å². The molecule has 0 aliphatic carbocycles. The fraction of sp³-hybridized carbons (Fsp3) is 0.105. The first-order valence-electron chi connectivity index (χ1n) is 7.88. The quantitative estimate of drug-likeness (QED) is 0.501. The fourth-order valence-electron chi connectivity index (χ4n) is 2.72. The molecule has 0 saturated heterocycles. The van der Waals surface area contributed by atoms with E-state index in [1.807, 2.05) is 31.2 Å². The van der Waals surface area contributed by atoms with Gasteiger partial charge in [-0.25, -0.2) is 9.31 Å². The lowest BCUT2D eigenvalue weighted by molar-refractivity contribution is 0.0600. The van der Waals surface area contributed by atoms with Crippen LogP contribution in [0.2, 0.25) is 5.02 Å². The standard InChI is InChI=1S/C19H14ClN3O3/c1-11-16(20)17-21-18(14-5-3-4-6-15(14)23(17)22-11)26-13-9-7-12(8-10-13)19(24)25-2/h3-10H,1-2H3. The second kappa shape index (κ2) is 6.31. The van der Waals surface area contributed by atoms with Crippen LogP contribution in [-0.4, -0.2) is 27.7 Å². The Morgan fingerprint density at radius 1 is 1.12 bits per heavy atom. The van der Waals surface area contributed by atoms with E-state index < -0.39 is 5.97 Å². The molecule has 0 atom stereocenters. The average molecular weight is 368 g/mol. The molecule has 4 aromatic rings. The summed E-state index contributed by atoms with van der Waals surface area (Å²) in [6.45, 7) is 1.83. The number of carbonyl (C=O) groups excluding carboxylic acids is 1. The molecule has 0 aliphatic rings. The number of fused-ring (bicyclic) bond motifs is 3. The third kappa shape index (κ3) is 2.64. The second-order valence-electron chi connectivity index (χ2n) is 5.69. The zero-order valence-corrected chi connectivity index (χ0v) is 14.8. The topological polar surface area (TPSA) is 65.7 Å². The number of aromatic nitrogens is 3. The van der Waals surface area contributed by atoms with Gasteiger partial charge in [0.1, 0.15) is 10.8 Å². The van der Waals surface area contributed by atoms with Gasteiger partial charge in [0.25, 0.3) is 0 Å². The molecular weight excluding hydrogens is 354 g/mol. The molecular formula is C19H14ClN3O3. The van der Waals surface area contributed by atoms with Crippen LogP contribution < -0.4 is 4.74 Å². The minimum atomic E-state index is -0.400. The van der Waals surface area contributed by atoms with E-state index in [0.29, 0.717) is 33.6 Å². The lowest BCUT2D eigenvalue weighted by Gasteiger charge is -2.10. The molecule has 0 radical (unpaired) electrons. The van der Waals surface area contributed by atoms with Crippen molar-refractivity contribution in [3.8, 4) is 11.6 Å². The van der Waals surface area contributed by atoms with Crippen molar-refractivity contribution in [2.24, 2.45) is 0 Å². The Labute approximate surface area is 153 Å². The Hall–Kier alpha value is -3.12. The maximum atomic E-state index is 11.5. The summed E-state index contributed by atoms with van der Waals surface area (Å²) in [6.07, 6.45) is 0. The first-order chi connectivity index (χ1) is 12.6. The predicted molar refractivity (Wildman–Crippen MR) is 98.1 cm³/mol. The summed E-state index contributed by atoms with van der Waals surface area (Å²) < 4.78 is 12.4. The summed E-state index contributed by atoms with van der Waals surface area (Å²) in [7, 11) is 1.34. The number of esters is 1. The highest BCUT2D eigenvalue weighted by atomic mass is 35.5. The third-order valence-corrected chi connectivity index (χ3v) is 4.47. The highest BCUT2D eigenvalue weighted by Crippen LogP contribution is 2.32. The number of rotatable bonds is 3. The number of nitrogens with zero attached hydrogens (tertiary/aromatic N) is 3. The van der Waals surface area contributed by atoms with Crippen molar-refractivity contribution in [3.63, 3.8) is 0 Å². The smallest absolute Gasteiger partial charge is 0.337 e. The monoisotopic (exact) mass is 367 g/mol. The summed E-state index contributed by atoms with van der Waals surface area (Å²) in [4.78, 5) is 16.1. The molecule has 130 valence electrons. The number of methoxy groups -OCH3 is 1. The van der Waals surface area contributed by atoms with Gasteiger partial charge in [-0.15, -0.1) is 0 Å². The molecule has 2 aromatic heterocycles. The van der Waals surface area contributed by atoms with Gasteiger partial charge < -0.3 is 9.47 Å². The Morgan fingerprint density at radius 2 is 1.85 bits per heavy atom. The molecule has 0 saturated carbocycles. The first-order valence-corrected chi connectivity index (χ1v) is 8.26. The largest absolute Gasteiger partial charge is 0.465 e. The van der Waals surface area contributed by atoms with Crippen LogP contribution in [0.1, 0.15) is 16.1 Å². The molecule has 0 N–H and O–H groups in total. The summed E-state index contributed by atoms with van der Waals surface area (Å²) in [5.41, 5.74) is 2.52. The zero-order valence-electron chi connectivity index (χ0n) is 14.1. The van der Waals surface area contributed by atoms with E-state index in [1.54, 1.807) is 28.8 Å². The maximum Gasteiger partial charge on any atom is 0.337 e. The van der Waals surface area contributed by atoms with E-state index in [-0.39, 0.29) is 0 Å². The van der Waals surface area contributed by atoms with E-state index in [4.69, 9.17) is 21.1 Å². The third-order valence-electron chi connectivity index (χ3n) is 4.02. The minimum Gasteiger partial charge on any atom is -0.465 e. The second-order valence-corrected chi connectivity index (χ2v) is 6.06. The normalized spacial score (nSPS) is 11.0. The molecule has 0 amide bonds. The van der Waals surface area contributed by atoms with Gasteiger partial charge >= 0.3 is 5.97 Å². The summed E-state index contributed by atoms with van der Waals surface area (Å²) in [5.74, 6) is 0.566. The fourth-order valence-corrected chi connectivity index (χ4v) is 2.88. The van der Waals surface area contributed by atoms with Crippen molar-refractivity contribution in [3.05, 3.63) is 64.8 Å². The van der Waals surface area contributed by atoms with Crippen LogP contribution in [0.5, 0.6) is 11.6 Å². The molecule has 0 aliphatic heterocycles. The maximum absolute atomic E-state index is 11.5. The first kappa shape index (κ1) is 16.4. The van der Waals surface area contributed by atoms with Crippen molar-refractivity contribution in [1.82, 2.24) is 14.6 Å². The van der Waals surface area contributed by atoms with Crippen LogP contribution in [0.25, 0.3) is 16.6 Å². The molecule has 4 rings (SSSR count). The summed E-state index contributed by atoms with van der Waals surface area (Å²) >= 11 is 6.34. The molecule has 0 fully saturated rings. The lowest BCUT2D eigenvalue weighted by atomic mass is 10.2. The number of carbonyl (C=O) groups is 1. The zero-order chi connectivity index (χ0) is 18.3. The van der Waals surface area contributed by atoms with Crippen molar-refractivity contribution in [2.75, 3.05) is 7.11 Å². The van der Waals surface area contributed by atoms with Crippen molar-refractivity contribution >= 4 is 34.1 Å². The summed E-state index contributed by atoms with van der Waals surface area (Å²) in [5, 5.41) is 5.73. The van der Waals surface area contributed by atoms with E-state index in [1.165, 1.54) is 7.11 Å². The molecule has 0 unspecified atom stereocenters. The highest BCUT2D eigenvalue weighted by Gasteiger charge is 2.16. The molecule has 2 heterocycles. The van der Waals surface area contributed by atoms with Crippen molar-refractivity contribution in [2.45, 2.75) is 6.92 Å². The number of halogens is 1. The Morgan fingerprint density at radius 3 is 2.58 bits per heavy atom. The highest BCUT2D eigenvalue weighted by molar-refractivity contribution is 6.34. The number of ether oxygens (including phenoxy) is 2. The SMILES string of the molecule is COC(=O)c1ccc(Oc2nc3c(Cl)c(C)nn3c3ccccc23)cc1. The van der Waals surface area contributed by atoms with Crippen LogP contribution in [0.4, 0.5) is 0 Å². The lowest BCUT2D eigenvalue weighted by Crippen LogP contribution is -2.01. The Kier molecular flexibility index (Phi) is 3.97. The average Bonchev–Trinajstić information content (AvgIpc) is 2.96. The van der Waals surface area contributed by atoms with Gasteiger partial charge in [-0.3, -0.25) is 0 Å². The van der Waals surface area contributed by atoms with E-state index in [9.17, 15) is 4.79 Å². The van der Waals surface area contributed by atoms with E-state index in [0.717, 1.165) is 10.9 Å². The van der Waals surface area contributed by atoms with Crippen LogP contribution >= 0.6 is 11.6 Å². The molecule has 26 heavy (non-hydrogen) atoms. The minimum absolute atomic E-state index is 0.400. The van der Waals surface area contributed by atoms with Crippen LogP contribution in [0.15, 0.2) is 48.5 Å².